The lowest BCUT2D eigenvalue weighted by Gasteiger charge is -2.21. The van der Waals surface area contributed by atoms with Gasteiger partial charge in [-0.05, 0) is 31.0 Å². The summed E-state index contributed by atoms with van der Waals surface area (Å²) in [7, 11) is 6.65. The predicted molar refractivity (Wildman–Crippen MR) is 140 cm³/mol. The molecule has 1 aliphatic heterocycles. The number of likely N-dealkylation sites (tertiary alicyclic amines) is 1. The molecule has 2 aromatic carbocycles. The highest BCUT2D eigenvalue weighted by Crippen LogP contribution is 2.39. The van der Waals surface area contributed by atoms with Gasteiger partial charge in [-0.3, -0.25) is 9.89 Å². The standard InChI is InChI=1S/C24H34N4O3.HI/c1-17-13-20(16-28(17)15-18-9-7-6-8-10-18)27-24(25-2)26-14-19-11-12-21(29-3)23(31-5)22(19)30-4;/h6-12,17,20H,13-16H2,1-5H3,(H2,25,26,27);1H. The number of nitrogens with zero attached hydrogens (tertiary/aromatic N) is 2. The molecule has 1 fully saturated rings. The highest BCUT2D eigenvalue weighted by molar-refractivity contribution is 14.0. The van der Waals surface area contributed by atoms with Gasteiger partial charge in [-0.15, -0.1) is 24.0 Å². The molecule has 0 radical (unpaired) electrons. The van der Waals surface area contributed by atoms with E-state index in [1.807, 2.05) is 12.1 Å². The molecule has 0 spiro atoms. The molecule has 1 heterocycles. The van der Waals surface area contributed by atoms with E-state index in [2.05, 4.69) is 57.8 Å². The molecule has 0 bridgehead atoms. The third kappa shape index (κ3) is 6.41. The maximum absolute atomic E-state index is 5.58. The summed E-state index contributed by atoms with van der Waals surface area (Å²) in [5, 5.41) is 6.97. The largest absolute Gasteiger partial charge is 0.493 e. The van der Waals surface area contributed by atoms with Gasteiger partial charge in [0, 0.05) is 44.3 Å². The van der Waals surface area contributed by atoms with Crippen LogP contribution in [0.3, 0.4) is 0 Å². The summed E-state index contributed by atoms with van der Waals surface area (Å²) < 4.78 is 16.4. The second-order valence-corrected chi connectivity index (χ2v) is 7.76. The Bertz CT molecular complexity index is 879. The van der Waals surface area contributed by atoms with Crippen LogP contribution in [0.1, 0.15) is 24.5 Å². The first-order valence-corrected chi connectivity index (χ1v) is 10.6. The number of rotatable bonds is 8. The molecule has 32 heavy (non-hydrogen) atoms. The molecule has 0 amide bonds. The van der Waals surface area contributed by atoms with E-state index in [4.69, 9.17) is 14.2 Å². The average molecular weight is 554 g/mol. The monoisotopic (exact) mass is 554 g/mol. The summed E-state index contributed by atoms with van der Waals surface area (Å²) in [6.07, 6.45) is 1.08. The van der Waals surface area contributed by atoms with Crippen LogP contribution in [-0.2, 0) is 13.1 Å². The number of ether oxygens (including phenoxy) is 3. The predicted octanol–water partition coefficient (Wildman–Crippen LogP) is 3.66. The van der Waals surface area contributed by atoms with Crippen LogP contribution in [0, 0.1) is 0 Å². The third-order valence-corrected chi connectivity index (χ3v) is 5.73. The summed E-state index contributed by atoms with van der Waals surface area (Å²) >= 11 is 0. The van der Waals surface area contributed by atoms with Crippen LogP contribution in [0.5, 0.6) is 17.2 Å². The first-order valence-electron chi connectivity index (χ1n) is 10.6. The second-order valence-electron chi connectivity index (χ2n) is 7.76. The van der Waals surface area contributed by atoms with E-state index in [0.717, 1.165) is 31.0 Å². The number of hydrogen-bond donors (Lipinski definition) is 2. The van der Waals surface area contributed by atoms with E-state index < -0.39 is 0 Å². The lowest BCUT2D eigenvalue weighted by atomic mass is 10.1. The Hall–Kier alpha value is -2.20. The van der Waals surface area contributed by atoms with E-state index in [0.29, 0.717) is 35.9 Å². The summed E-state index contributed by atoms with van der Waals surface area (Å²) in [5.74, 6) is 2.67. The molecule has 8 heteroatoms. The zero-order valence-electron chi connectivity index (χ0n) is 19.6. The highest BCUT2D eigenvalue weighted by atomic mass is 127. The van der Waals surface area contributed by atoms with Gasteiger partial charge >= 0.3 is 0 Å². The number of hydrogen-bond acceptors (Lipinski definition) is 5. The molecular formula is C24H35IN4O3. The fourth-order valence-corrected chi connectivity index (χ4v) is 4.11. The van der Waals surface area contributed by atoms with Crippen molar-refractivity contribution in [3.8, 4) is 17.2 Å². The molecule has 7 nitrogen and oxygen atoms in total. The maximum atomic E-state index is 5.58. The SMILES string of the molecule is CN=C(NCc1ccc(OC)c(OC)c1OC)NC1CC(C)N(Cc2ccccc2)C1.I. The lowest BCUT2D eigenvalue weighted by molar-refractivity contribution is 0.258. The highest BCUT2D eigenvalue weighted by Gasteiger charge is 2.29. The molecule has 1 saturated heterocycles. The minimum atomic E-state index is 0. The number of guanidine groups is 1. The van der Waals surface area contributed by atoms with E-state index in [9.17, 15) is 0 Å². The molecule has 176 valence electrons. The number of nitrogens with one attached hydrogen (secondary N) is 2. The van der Waals surface area contributed by atoms with Gasteiger partial charge in [0.05, 0.1) is 21.3 Å². The summed E-state index contributed by atoms with van der Waals surface area (Å²) in [6, 6.07) is 15.3. The Morgan fingerprint density at radius 3 is 2.38 bits per heavy atom. The average Bonchev–Trinajstić information content (AvgIpc) is 3.14. The number of methoxy groups -OCH3 is 3. The van der Waals surface area contributed by atoms with Gasteiger partial charge in [0.2, 0.25) is 5.75 Å². The van der Waals surface area contributed by atoms with E-state index in [1.54, 1.807) is 28.4 Å². The zero-order valence-corrected chi connectivity index (χ0v) is 21.9. The van der Waals surface area contributed by atoms with Crippen molar-refractivity contribution < 1.29 is 14.2 Å². The van der Waals surface area contributed by atoms with Crippen molar-refractivity contribution in [1.82, 2.24) is 15.5 Å². The summed E-state index contributed by atoms with van der Waals surface area (Å²) in [5.41, 5.74) is 2.31. The molecule has 2 atom stereocenters. The van der Waals surface area contributed by atoms with Crippen LogP contribution in [0.2, 0.25) is 0 Å². The van der Waals surface area contributed by atoms with Gasteiger partial charge in [0.25, 0.3) is 0 Å². The molecule has 0 aromatic heterocycles. The van der Waals surface area contributed by atoms with Gasteiger partial charge < -0.3 is 24.8 Å². The normalized spacial score (nSPS) is 18.6. The van der Waals surface area contributed by atoms with Crippen LogP contribution >= 0.6 is 24.0 Å². The molecule has 2 unspecified atom stereocenters. The minimum Gasteiger partial charge on any atom is -0.493 e. The van der Waals surface area contributed by atoms with Gasteiger partial charge in [-0.25, -0.2) is 0 Å². The van der Waals surface area contributed by atoms with Gasteiger partial charge in [-0.2, -0.15) is 0 Å². The number of benzene rings is 2. The van der Waals surface area contributed by atoms with Crippen molar-refractivity contribution in [1.29, 1.82) is 0 Å². The first-order chi connectivity index (χ1) is 15.1. The fourth-order valence-electron chi connectivity index (χ4n) is 4.11. The number of halogens is 1. The Kier molecular flexibility index (Phi) is 10.4. The van der Waals surface area contributed by atoms with Crippen molar-refractivity contribution >= 4 is 29.9 Å². The van der Waals surface area contributed by atoms with Gasteiger partial charge in [0.15, 0.2) is 17.5 Å². The third-order valence-electron chi connectivity index (χ3n) is 5.73. The summed E-state index contributed by atoms with van der Waals surface area (Å²) in [6.45, 7) is 4.79. The Labute approximate surface area is 208 Å². The Morgan fingerprint density at radius 1 is 1.03 bits per heavy atom. The van der Waals surface area contributed by atoms with Gasteiger partial charge in [-0.1, -0.05) is 30.3 Å². The van der Waals surface area contributed by atoms with Crippen molar-refractivity contribution in [2.75, 3.05) is 34.9 Å². The molecule has 1 aliphatic rings. The van der Waals surface area contributed by atoms with Crippen molar-refractivity contribution in [2.45, 2.75) is 38.5 Å². The van der Waals surface area contributed by atoms with Crippen LogP contribution in [0.4, 0.5) is 0 Å². The second kappa shape index (κ2) is 12.7. The smallest absolute Gasteiger partial charge is 0.203 e. The van der Waals surface area contributed by atoms with Crippen LogP contribution in [-0.4, -0.2) is 57.9 Å². The molecule has 0 saturated carbocycles. The van der Waals surface area contributed by atoms with E-state index in [-0.39, 0.29) is 24.0 Å². The van der Waals surface area contributed by atoms with Gasteiger partial charge in [0.1, 0.15) is 0 Å². The Morgan fingerprint density at radius 2 is 1.75 bits per heavy atom. The first kappa shape index (κ1) is 26.1. The molecule has 3 rings (SSSR count). The van der Waals surface area contributed by atoms with E-state index >= 15 is 0 Å². The van der Waals surface area contributed by atoms with Crippen molar-refractivity contribution in [2.24, 2.45) is 4.99 Å². The van der Waals surface area contributed by atoms with Crippen molar-refractivity contribution in [3.05, 3.63) is 53.6 Å². The van der Waals surface area contributed by atoms with E-state index in [1.165, 1.54) is 5.56 Å². The molecule has 2 N–H and O–H groups in total. The Balaban J connectivity index is 0.00000363. The quantitative estimate of drug-likeness (QED) is 0.295. The molecule has 2 aromatic rings. The molecule has 0 aliphatic carbocycles. The lowest BCUT2D eigenvalue weighted by Crippen LogP contribution is -2.44. The van der Waals surface area contributed by atoms with Crippen LogP contribution in [0.15, 0.2) is 47.5 Å². The van der Waals surface area contributed by atoms with Crippen LogP contribution < -0.4 is 24.8 Å². The van der Waals surface area contributed by atoms with Crippen molar-refractivity contribution in [3.63, 3.8) is 0 Å². The zero-order chi connectivity index (χ0) is 22.2. The number of aliphatic imine (C=N–C) groups is 1. The van der Waals surface area contributed by atoms with Crippen LogP contribution in [0.25, 0.3) is 0 Å². The fraction of sp³-hybridized carbons (Fsp3) is 0.458. The minimum absolute atomic E-state index is 0. The maximum Gasteiger partial charge on any atom is 0.203 e. The topological polar surface area (TPSA) is 67.4 Å². The molecular weight excluding hydrogens is 519 g/mol. The summed E-state index contributed by atoms with van der Waals surface area (Å²) in [4.78, 5) is 6.92.